The van der Waals surface area contributed by atoms with Crippen molar-refractivity contribution in [1.82, 2.24) is 0 Å². The molecule has 0 spiro atoms. The fourth-order valence-electron chi connectivity index (χ4n) is 2.72. The second-order valence-corrected chi connectivity index (χ2v) is 11.6. The van der Waals surface area contributed by atoms with Crippen LogP contribution in [0.5, 0.6) is 0 Å². The number of benzene rings is 1. The minimum atomic E-state index is -2.62. The molecule has 1 aromatic carbocycles. The number of rotatable bonds is 7. The van der Waals surface area contributed by atoms with Gasteiger partial charge in [-0.05, 0) is 27.5 Å². The Labute approximate surface area is 203 Å². The highest BCUT2D eigenvalue weighted by Gasteiger charge is 2.40. The molecule has 0 saturated heterocycles. The first-order valence-electron chi connectivity index (χ1n) is 9.85. The third kappa shape index (κ3) is 13.4. The van der Waals surface area contributed by atoms with E-state index in [1.54, 1.807) is 0 Å². The van der Waals surface area contributed by atoms with E-state index in [-0.39, 0.29) is 10.8 Å². The van der Waals surface area contributed by atoms with Gasteiger partial charge in [-0.2, -0.15) is 0 Å². The Balaban J connectivity index is 0. The van der Waals surface area contributed by atoms with Crippen LogP contribution in [0.15, 0.2) is 18.2 Å². The van der Waals surface area contributed by atoms with Crippen molar-refractivity contribution >= 4 is 25.8 Å². The highest BCUT2D eigenvalue weighted by Crippen LogP contribution is 2.42. The zero-order valence-corrected chi connectivity index (χ0v) is 22.8. The van der Waals surface area contributed by atoms with Crippen molar-refractivity contribution in [2.45, 2.75) is 58.5 Å². The fraction of sp³-hybridized carbons (Fsp3) is 0.684. The predicted octanol–water partition coefficient (Wildman–Crippen LogP) is 0.895. The molecule has 15 heteroatoms. The molecule has 0 aliphatic carbocycles. The number of hydrogen-bond donors (Lipinski definition) is 11. The number of aliphatic hydroxyl groups is 4. The van der Waals surface area contributed by atoms with Crippen molar-refractivity contribution in [3.05, 3.63) is 34.9 Å². The molecule has 0 amide bonds. The molecule has 0 fully saturated rings. The largest absolute Gasteiger partial charge is 0.395 e. The highest BCUT2D eigenvalue weighted by atomic mass is 31.2. The van der Waals surface area contributed by atoms with E-state index in [0.717, 1.165) is 11.1 Å². The molecular weight excluding hydrogens is 513 g/mol. The van der Waals surface area contributed by atoms with Crippen LogP contribution in [-0.2, 0) is 15.1 Å². The lowest BCUT2D eigenvalue weighted by Gasteiger charge is -2.36. The summed E-state index contributed by atoms with van der Waals surface area (Å²) in [6.45, 7) is 11.1. The lowest BCUT2D eigenvalue weighted by Crippen LogP contribution is -2.41. The normalized spacial score (nSPS) is 13.4. The molecule has 1 aromatic rings. The lowest BCUT2D eigenvalue weighted by atomic mass is 9.73. The molecule has 0 bridgehead atoms. The summed E-state index contributed by atoms with van der Waals surface area (Å²) in [6, 6.07) is 5.89. The summed E-state index contributed by atoms with van der Waals surface area (Å²) in [5.74, 6) is 0. The summed E-state index contributed by atoms with van der Waals surface area (Å²) in [5, 5.41) is 39.6. The SMILES string of the molecule is CC(C)(C)c1ccc(C(O)C(CO)(CO)CO)c(C(C)(C)C)c1.OP(O)O.OP(O)OP(O)O. The van der Waals surface area contributed by atoms with Crippen LogP contribution in [0.1, 0.15) is 64.3 Å². The molecule has 0 aliphatic rings. The van der Waals surface area contributed by atoms with Gasteiger partial charge in [0.1, 0.15) is 0 Å². The molecule has 1 unspecified atom stereocenters. The maximum absolute atomic E-state index is 10.8. The van der Waals surface area contributed by atoms with Crippen molar-refractivity contribution in [3.8, 4) is 0 Å². The Morgan fingerprint density at radius 3 is 1.35 bits per heavy atom. The average Bonchev–Trinajstić information content (AvgIpc) is 2.66. The monoisotopic (exact) mass is 552 g/mol. The summed E-state index contributed by atoms with van der Waals surface area (Å²) in [6.07, 6.45) is -1.15. The maximum atomic E-state index is 10.8. The first kappa shape index (κ1) is 36.2. The van der Waals surface area contributed by atoms with E-state index < -0.39 is 57.1 Å². The van der Waals surface area contributed by atoms with Crippen molar-refractivity contribution in [1.29, 1.82) is 0 Å². The summed E-state index contributed by atoms with van der Waals surface area (Å²) in [5.41, 5.74) is 1.15. The summed E-state index contributed by atoms with van der Waals surface area (Å²) < 4.78 is 3.60. The lowest BCUT2D eigenvalue weighted by molar-refractivity contribution is -0.0857. The molecule has 1 rings (SSSR count). The second-order valence-electron chi connectivity index (χ2n) is 9.40. The highest BCUT2D eigenvalue weighted by molar-refractivity contribution is 7.53. The van der Waals surface area contributed by atoms with Gasteiger partial charge in [0.25, 0.3) is 0 Å². The van der Waals surface area contributed by atoms with Crippen LogP contribution in [0.3, 0.4) is 0 Å². The topological polar surface area (TPSA) is 232 Å². The first-order valence-corrected chi connectivity index (χ1v) is 13.4. The number of hydrogen-bond acceptors (Lipinski definition) is 12. The summed E-state index contributed by atoms with van der Waals surface area (Å²) >= 11 is 0. The van der Waals surface area contributed by atoms with Crippen LogP contribution in [0.25, 0.3) is 0 Å². The van der Waals surface area contributed by atoms with Gasteiger partial charge in [0.2, 0.25) is 0 Å². The van der Waals surface area contributed by atoms with Gasteiger partial charge in [0.05, 0.1) is 31.3 Å². The smallest absolute Gasteiger partial charge is 0.334 e. The van der Waals surface area contributed by atoms with Gasteiger partial charge in [0.15, 0.2) is 0 Å². The molecule has 12 nitrogen and oxygen atoms in total. The summed E-state index contributed by atoms with van der Waals surface area (Å²) in [4.78, 5) is 53.0. The predicted molar refractivity (Wildman–Crippen MR) is 130 cm³/mol. The molecule has 202 valence electrons. The molecule has 0 saturated carbocycles. The minimum Gasteiger partial charge on any atom is -0.395 e. The van der Waals surface area contributed by atoms with Gasteiger partial charge < -0.3 is 54.7 Å². The zero-order valence-electron chi connectivity index (χ0n) is 20.1. The first-order chi connectivity index (χ1) is 15.3. The third-order valence-corrected chi connectivity index (χ3v) is 5.86. The van der Waals surface area contributed by atoms with E-state index >= 15 is 0 Å². The molecular formula is C19H39O12P3. The van der Waals surface area contributed by atoms with Crippen LogP contribution in [-0.4, -0.2) is 74.5 Å². The van der Waals surface area contributed by atoms with E-state index in [1.165, 1.54) is 0 Å². The van der Waals surface area contributed by atoms with Crippen LogP contribution >= 0.6 is 25.8 Å². The third-order valence-electron chi connectivity index (χ3n) is 4.69. The Morgan fingerprint density at radius 2 is 1.12 bits per heavy atom. The van der Waals surface area contributed by atoms with E-state index in [2.05, 4.69) is 51.9 Å². The van der Waals surface area contributed by atoms with Gasteiger partial charge in [0, 0.05) is 0 Å². The van der Waals surface area contributed by atoms with Gasteiger partial charge in [-0.15, -0.1) is 0 Å². The van der Waals surface area contributed by atoms with E-state index in [1.807, 2.05) is 12.1 Å². The van der Waals surface area contributed by atoms with E-state index in [4.69, 9.17) is 34.3 Å². The Bertz CT molecular complexity index is 669. The average molecular weight is 552 g/mol. The zero-order chi connectivity index (χ0) is 27.5. The van der Waals surface area contributed by atoms with Crippen LogP contribution in [0, 0.1) is 5.41 Å². The quantitative estimate of drug-likeness (QED) is 0.212. The van der Waals surface area contributed by atoms with Crippen molar-refractivity contribution in [2.75, 3.05) is 19.8 Å². The fourth-order valence-corrected chi connectivity index (χ4v) is 3.24. The molecule has 11 N–H and O–H groups in total. The molecule has 34 heavy (non-hydrogen) atoms. The van der Waals surface area contributed by atoms with E-state index in [9.17, 15) is 20.4 Å². The Hall–Kier alpha value is 0.0300. The van der Waals surface area contributed by atoms with Crippen molar-refractivity contribution in [2.24, 2.45) is 5.41 Å². The van der Waals surface area contributed by atoms with Gasteiger partial charge in [-0.1, -0.05) is 59.7 Å². The molecule has 0 aromatic heterocycles. The second kappa shape index (κ2) is 16.0. The van der Waals surface area contributed by atoms with E-state index in [0.29, 0.717) is 5.56 Å². The standard InChI is InChI=1S/C19H32O4.H4O5P2.H3O3P/c1-17(2,3)13-7-8-14(15(9-13)18(4,5)6)16(23)19(10-20,11-21)12-22;1-6(2)5-7(3)4;1-4(2)3/h7-9,16,20-23H,10-12H2,1-6H3;1-4H;1-3H. The number of aliphatic hydroxyl groups excluding tert-OH is 4. The molecule has 0 radical (unpaired) electrons. The minimum absolute atomic E-state index is 0.0223. The van der Waals surface area contributed by atoms with Crippen LogP contribution < -0.4 is 0 Å². The molecule has 0 heterocycles. The maximum Gasteiger partial charge on any atom is 0.334 e. The Kier molecular flexibility index (Phi) is 17.0. The molecule has 0 aliphatic heterocycles. The van der Waals surface area contributed by atoms with Gasteiger partial charge in [-0.25, -0.2) is 4.31 Å². The summed E-state index contributed by atoms with van der Waals surface area (Å²) in [7, 11) is -7.84. The van der Waals surface area contributed by atoms with Gasteiger partial charge >= 0.3 is 25.8 Å². The van der Waals surface area contributed by atoms with Crippen molar-refractivity contribution in [3.63, 3.8) is 0 Å². The Morgan fingerprint density at radius 1 is 0.735 bits per heavy atom. The molecule has 1 atom stereocenters. The van der Waals surface area contributed by atoms with Crippen LogP contribution in [0.4, 0.5) is 0 Å². The van der Waals surface area contributed by atoms with Gasteiger partial charge in [-0.3, -0.25) is 0 Å². The van der Waals surface area contributed by atoms with Crippen LogP contribution in [0.2, 0.25) is 0 Å². The van der Waals surface area contributed by atoms with Crippen molar-refractivity contribution < 1.29 is 59.0 Å².